The summed E-state index contributed by atoms with van der Waals surface area (Å²) in [6.45, 7) is 0. The van der Waals surface area contributed by atoms with E-state index in [4.69, 9.17) is 0 Å². The van der Waals surface area contributed by atoms with Crippen molar-refractivity contribution in [3.8, 4) is 0 Å². The third-order valence-electron chi connectivity index (χ3n) is 2.59. The summed E-state index contributed by atoms with van der Waals surface area (Å²) in [4.78, 5) is 12.3. The Labute approximate surface area is 118 Å². The molecule has 3 rings (SSSR count). The van der Waals surface area contributed by atoms with Crippen molar-refractivity contribution in [2.24, 2.45) is 0 Å². The van der Waals surface area contributed by atoms with Crippen molar-refractivity contribution >= 4 is 63.4 Å². The molecule has 0 aliphatic heterocycles. The SMILES string of the molecule is O=c1c2ccc(Br)cc2sc2ccc(Br)cc12. The van der Waals surface area contributed by atoms with Crippen molar-refractivity contribution in [3.05, 3.63) is 55.6 Å². The molecule has 0 radical (unpaired) electrons. The number of hydrogen-bond acceptors (Lipinski definition) is 2. The number of fused-ring (bicyclic) bond motifs is 2. The summed E-state index contributed by atoms with van der Waals surface area (Å²) in [5.74, 6) is 0. The lowest BCUT2D eigenvalue weighted by molar-refractivity contribution is 1.69. The fraction of sp³-hybridized carbons (Fsp3) is 0. The topological polar surface area (TPSA) is 17.1 Å². The lowest BCUT2D eigenvalue weighted by Crippen LogP contribution is -2.00. The van der Waals surface area contributed by atoms with Crippen molar-refractivity contribution in [2.75, 3.05) is 0 Å². The first kappa shape index (κ1) is 11.4. The maximum absolute atomic E-state index is 12.3. The van der Waals surface area contributed by atoms with Crippen LogP contribution in [0, 0.1) is 0 Å². The van der Waals surface area contributed by atoms with E-state index in [1.165, 1.54) is 0 Å². The quantitative estimate of drug-likeness (QED) is 0.513. The molecule has 0 atom stereocenters. The van der Waals surface area contributed by atoms with Gasteiger partial charge in [0, 0.05) is 29.1 Å². The minimum absolute atomic E-state index is 0.0996. The predicted molar refractivity (Wildman–Crippen MR) is 81.0 cm³/mol. The third kappa shape index (κ3) is 1.94. The van der Waals surface area contributed by atoms with Gasteiger partial charge in [0.1, 0.15) is 0 Å². The normalized spacial score (nSPS) is 11.2. The molecule has 0 aliphatic rings. The van der Waals surface area contributed by atoms with E-state index in [1.54, 1.807) is 11.3 Å². The minimum atomic E-state index is 0.0996. The smallest absolute Gasteiger partial charge is 0.195 e. The van der Waals surface area contributed by atoms with Crippen LogP contribution in [0.5, 0.6) is 0 Å². The van der Waals surface area contributed by atoms with E-state index >= 15 is 0 Å². The van der Waals surface area contributed by atoms with Gasteiger partial charge in [-0.15, -0.1) is 11.3 Å². The van der Waals surface area contributed by atoms with Crippen LogP contribution in [0.2, 0.25) is 0 Å². The zero-order valence-corrected chi connectivity index (χ0v) is 12.5. The van der Waals surface area contributed by atoms with Gasteiger partial charge in [0.2, 0.25) is 0 Å². The van der Waals surface area contributed by atoms with Crippen LogP contribution < -0.4 is 5.43 Å². The summed E-state index contributed by atoms with van der Waals surface area (Å²) in [6, 6.07) is 11.6. The standard InChI is InChI=1S/C13H6Br2OS/c14-7-2-4-11-10(5-7)13(16)9-3-1-8(15)6-12(9)17-11/h1-6H. The molecule has 0 bridgehead atoms. The Kier molecular flexibility index (Phi) is 2.81. The molecule has 0 amide bonds. The van der Waals surface area contributed by atoms with Crippen LogP contribution in [0.25, 0.3) is 20.2 Å². The first-order chi connectivity index (χ1) is 8.15. The van der Waals surface area contributed by atoms with Crippen molar-refractivity contribution in [2.45, 2.75) is 0 Å². The van der Waals surface area contributed by atoms with E-state index in [1.807, 2.05) is 36.4 Å². The molecule has 3 aromatic rings. The first-order valence-electron chi connectivity index (χ1n) is 4.97. The molecule has 0 unspecified atom stereocenters. The van der Waals surface area contributed by atoms with Crippen molar-refractivity contribution in [1.82, 2.24) is 0 Å². The molecule has 1 nitrogen and oxygen atoms in total. The van der Waals surface area contributed by atoms with Crippen molar-refractivity contribution in [1.29, 1.82) is 0 Å². The Morgan fingerprint density at radius 3 is 2.35 bits per heavy atom. The molecule has 84 valence electrons. The molecule has 0 N–H and O–H groups in total. The van der Waals surface area contributed by atoms with Crippen LogP contribution in [-0.4, -0.2) is 0 Å². The molecule has 17 heavy (non-hydrogen) atoms. The summed E-state index contributed by atoms with van der Waals surface area (Å²) in [5.41, 5.74) is 0.0996. The zero-order chi connectivity index (χ0) is 12.0. The van der Waals surface area contributed by atoms with Crippen LogP contribution in [-0.2, 0) is 0 Å². The molecule has 2 aromatic carbocycles. The number of hydrogen-bond donors (Lipinski definition) is 0. The molecular weight excluding hydrogens is 364 g/mol. The molecule has 0 saturated heterocycles. The van der Waals surface area contributed by atoms with Gasteiger partial charge in [-0.2, -0.15) is 0 Å². The lowest BCUT2D eigenvalue weighted by atomic mass is 10.2. The monoisotopic (exact) mass is 368 g/mol. The summed E-state index contributed by atoms with van der Waals surface area (Å²) < 4.78 is 3.96. The Hall–Kier alpha value is -0.710. The van der Waals surface area contributed by atoms with Gasteiger partial charge < -0.3 is 0 Å². The molecule has 0 fully saturated rings. The highest BCUT2D eigenvalue weighted by Crippen LogP contribution is 2.28. The van der Waals surface area contributed by atoms with Gasteiger partial charge in [0.15, 0.2) is 5.43 Å². The van der Waals surface area contributed by atoms with Crippen LogP contribution in [0.3, 0.4) is 0 Å². The second-order valence-electron chi connectivity index (χ2n) is 3.71. The Morgan fingerprint density at radius 1 is 0.824 bits per heavy atom. The Bertz CT molecular complexity index is 792. The summed E-state index contributed by atoms with van der Waals surface area (Å²) in [5, 5.41) is 1.56. The highest BCUT2D eigenvalue weighted by Gasteiger charge is 2.06. The number of benzene rings is 2. The summed E-state index contributed by atoms with van der Waals surface area (Å²) in [7, 11) is 0. The van der Waals surface area contributed by atoms with Gasteiger partial charge in [-0.3, -0.25) is 4.79 Å². The Morgan fingerprint density at radius 2 is 1.53 bits per heavy atom. The van der Waals surface area contributed by atoms with E-state index in [0.29, 0.717) is 0 Å². The maximum atomic E-state index is 12.3. The average molecular weight is 370 g/mol. The van der Waals surface area contributed by atoms with Crippen molar-refractivity contribution < 1.29 is 0 Å². The second kappa shape index (κ2) is 4.19. The van der Waals surface area contributed by atoms with Gasteiger partial charge in [-0.25, -0.2) is 0 Å². The van der Waals surface area contributed by atoms with Crippen molar-refractivity contribution in [3.63, 3.8) is 0 Å². The molecular formula is C13H6Br2OS. The number of halogens is 2. The van der Waals surface area contributed by atoms with E-state index in [-0.39, 0.29) is 5.43 Å². The third-order valence-corrected chi connectivity index (χ3v) is 4.71. The Balaban J connectivity index is 2.57. The fourth-order valence-electron chi connectivity index (χ4n) is 1.80. The van der Waals surface area contributed by atoms with Gasteiger partial charge in [-0.05, 0) is 36.4 Å². The molecule has 0 aliphatic carbocycles. The average Bonchev–Trinajstić information content (AvgIpc) is 2.30. The molecule has 1 heterocycles. The molecule has 4 heteroatoms. The van der Waals surface area contributed by atoms with Crippen LogP contribution in [0.15, 0.2) is 50.1 Å². The molecule has 1 aromatic heterocycles. The first-order valence-corrected chi connectivity index (χ1v) is 7.37. The summed E-state index contributed by atoms with van der Waals surface area (Å²) in [6.07, 6.45) is 0. The van der Waals surface area contributed by atoms with Gasteiger partial charge >= 0.3 is 0 Å². The largest absolute Gasteiger partial charge is 0.289 e. The van der Waals surface area contributed by atoms with Gasteiger partial charge in [0.25, 0.3) is 0 Å². The second-order valence-corrected chi connectivity index (χ2v) is 6.63. The molecule has 0 spiro atoms. The van der Waals surface area contributed by atoms with E-state index in [0.717, 1.165) is 29.1 Å². The van der Waals surface area contributed by atoms with Gasteiger partial charge in [0.05, 0.1) is 0 Å². The van der Waals surface area contributed by atoms with Gasteiger partial charge in [-0.1, -0.05) is 31.9 Å². The van der Waals surface area contributed by atoms with E-state index in [9.17, 15) is 4.79 Å². The number of rotatable bonds is 0. The zero-order valence-electron chi connectivity index (χ0n) is 8.54. The van der Waals surface area contributed by atoms with E-state index in [2.05, 4.69) is 31.9 Å². The predicted octanol–water partition coefficient (Wildman–Crippen LogP) is 4.94. The highest BCUT2D eigenvalue weighted by atomic mass is 79.9. The highest BCUT2D eigenvalue weighted by molar-refractivity contribution is 9.10. The van der Waals surface area contributed by atoms with E-state index < -0.39 is 0 Å². The fourth-order valence-corrected chi connectivity index (χ4v) is 3.77. The van der Waals surface area contributed by atoms with Crippen LogP contribution in [0.4, 0.5) is 0 Å². The maximum Gasteiger partial charge on any atom is 0.195 e. The minimum Gasteiger partial charge on any atom is -0.289 e. The summed E-state index contributed by atoms with van der Waals surface area (Å²) >= 11 is 8.47. The van der Waals surface area contributed by atoms with Crippen LogP contribution in [0.1, 0.15) is 0 Å². The van der Waals surface area contributed by atoms with Crippen LogP contribution >= 0.6 is 43.2 Å². The molecule has 0 saturated carbocycles. The lowest BCUT2D eigenvalue weighted by Gasteiger charge is -2.01.